The predicted octanol–water partition coefficient (Wildman–Crippen LogP) is 3.31. The monoisotopic (exact) mass is 195 g/mol. The van der Waals surface area contributed by atoms with Crippen LogP contribution >= 0.6 is 0 Å². The van der Waals surface area contributed by atoms with Crippen molar-refractivity contribution in [1.82, 2.24) is 0 Å². The minimum atomic E-state index is -3.04. The standard InChI is InChI=1S/C11H11F2N/c1-8-3-4-9(2)10(7-8)11(12,13)5-6-14/h3-4,7H,5H2,1-2H3. The molecule has 0 fully saturated rings. The van der Waals surface area contributed by atoms with Gasteiger partial charge in [0.25, 0.3) is 5.92 Å². The second-order valence-electron chi connectivity index (χ2n) is 3.36. The number of hydrogen-bond donors (Lipinski definition) is 0. The zero-order valence-corrected chi connectivity index (χ0v) is 8.14. The van der Waals surface area contributed by atoms with Crippen LogP contribution in [0.5, 0.6) is 0 Å². The molecule has 0 bridgehead atoms. The van der Waals surface area contributed by atoms with E-state index in [9.17, 15) is 8.78 Å². The molecule has 3 heteroatoms. The van der Waals surface area contributed by atoms with Gasteiger partial charge >= 0.3 is 0 Å². The first-order valence-corrected chi connectivity index (χ1v) is 4.30. The van der Waals surface area contributed by atoms with Crippen molar-refractivity contribution in [3.63, 3.8) is 0 Å². The van der Waals surface area contributed by atoms with Crippen LogP contribution in [0.25, 0.3) is 0 Å². The Hall–Kier alpha value is -1.43. The maximum atomic E-state index is 13.4. The Bertz CT molecular complexity index is 377. The highest BCUT2D eigenvalue weighted by Gasteiger charge is 2.32. The third-order valence-corrected chi connectivity index (χ3v) is 2.09. The number of benzene rings is 1. The summed E-state index contributed by atoms with van der Waals surface area (Å²) < 4.78 is 26.7. The molecule has 0 N–H and O–H groups in total. The SMILES string of the molecule is Cc1ccc(C)c(C(F)(F)CC#N)c1. The van der Waals surface area contributed by atoms with Crippen LogP contribution < -0.4 is 0 Å². The highest BCUT2D eigenvalue weighted by molar-refractivity contribution is 5.34. The Balaban J connectivity index is 3.18. The molecule has 0 radical (unpaired) electrons. The number of alkyl halides is 2. The highest BCUT2D eigenvalue weighted by Crippen LogP contribution is 2.33. The summed E-state index contributed by atoms with van der Waals surface area (Å²) in [5, 5.41) is 8.29. The van der Waals surface area contributed by atoms with Gasteiger partial charge in [-0.15, -0.1) is 0 Å². The van der Waals surface area contributed by atoms with Crippen molar-refractivity contribution in [2.24, 2.45) is 0 Å². The average molecular weight is 195 g/mol. The fourth-order valence-corrected chi connectivity index (χ4v) is 1.32. The van der Waals surface area contributed by atoms with Gasteiger partial charge in [-0.2, -0.15) is 5.26 Å². The summed E-state index contributed by atoms with van der Waals surface area (Å²) in [6, 6.07) is 6.37. The quantitative estimate of drug-likeness (QED) is 0.710. The van der Waals surface area contributed by atoms with Crippen molar-refractivity contribution in [1.29, 1.82) is 5.26 Å². The second kappa shape index (κ2) is 3.75. The second-order valence-corrected chi connectivity index (χ2v) is 3.36. The Kier molecular flexibility index (Phi) is 2.85. The summed E-state index contributed by atoms with van der Waals surface area (Å²) in [4.78, 5) is 0. The third kappa shape index (κ3) is 2.08. The molecule has 0 aliphatic rings. The zero-order valence-electron chi connectivity index (χ0n) is 8.14. The zero-order chi connectivity index (χ0) is 10.8. The van der Waals surface area contributed by atoms with Gasteiger partial charge in [-0.05, 0) is 25.5 Å². The van der Waals surface area contributed by atoms with Gasteiger partial charge < -0.3 is 0 Å². The molecule has 0 heterocycles. The molecule has 0 saturated heterocycles. The highest BCUT2D eigenvalue weighted by atomic mass is 19.3. The van der Waals surface area contributed by atoms with E-state index in [1.54, 1.807) is 26.0 Å². The van der Waals surface area contributed by atoms with E-state index in [0.29, 0.717) is 5.56 Å². The molecule has 1 aromatic rings. The molecular formula is C11H11F2N. The molecule has 0 saturated carbocycles. The molecule has 74 valence electrons. The van der Waals surface area contributed by atoms with Crippen molar-refractivity contribution in [3.05, 3.63) is 34.9 Å². The topological polar surface area (TPSA) is 23.8 Å². The van der Waals surface area contributed by atoms with E-state index in [0.717, 1.165) is 5.56 Å². The normalized spacial score (nSPS) is 11.1. The Labute approximate surface area is 82.0 Å². The van der Waals surface area contributed by atoms with E-state index in [4.69, 9.17) is 5.26 Å². The summed E-state index contributed by atoms with van der Waals surface area (Å²) in [5.74, 6) is -3.04. The van der Waals surface area contributed by atoms with E-state index in [-0.39, 0.29) is 5.56 Å². The number of aryl methyl sites for hydroxylation is 2. The van der Waals surface area contributed by atoms with Crippen LogP contribution in [-0.4, -0.2) is 0 Å². The summed E-state index contributed by atoms with van der Waals surface area (Å²) in [6.07, 6.45) is -0.767. The van der Waals surface area contributed by atoms with Crippen molar-refractivity contribution in [3.8, 4) is 6.07 Å². The third-order valence-electron chi connectivity index (χ3n) is 2.09. The van der Waals surface area contributed by atoms with Crippen molar-refractivity contribution in [2.75, 3.05) is 0 Å². The van der Waals surface area contributed by atoms with Gasteiger partial charge in [-0.1, -0.05) is 17.7 Å². The lowest BCUT2D eigenvalue weighted by atomic mass is 9.98. The lowest BCUT2D eigenvalue weighted by molar-refractivity contribution is 0.000272. The van der Waals surface area contributed by atoms with E-state index < -0.39 is 12.3 Å². The minimum absolute atomic E-state index is 0.0425. The molecule has 1 rings (SSSR count). The van der Waals surface area contributed by atoms with Gasteiger partial charge in [-0.25, -0.2) is 8.78 Å². The molecule has 0 atom stereocenters. The summed E-state index contributed by atoms with van der Waals surface area (Å²) in [5.41, 5.74) is 1.26. The molecule has 1 nitrogen and oxygen atoms in total. The molecule has 0 unspecified atom stereocenters. The van der Waals surface area contributed by atoms with Gasteiger partial charge in [0.1, 0.15) is 6.42 Å². The number of halogens is 2. The molecule has 0 spiro atoms. The predicted molar refractivity (Wildman–Crippen MR) is 50.0 cm³/mol. The maximum absolute atomic E-state index is 13.4. The van der Waals surface area contributed by atoms with E-state index in [1.165, 1.54) is 12.1 Å². The first kappa shape index (κ1) is 10.6. The summed E-state index contributed by atoms with van der Waals surface area (Å²) in [7, 11) is 0. The number of nitrogens with zero attached hydrogens (tertiary/aromatic N) is 1. The molecule has 0 amide bonds. The van der Waals surface area contributed by atoms with Crippen molar-refractivity contribution in [2.45, 2.75) is 26.2 Å². The minimum Gasteiger partial charge on any atom is -0.200 e. The molecule has 1 aromatic carbocycles. The first-order chi connectivity index (χ1) is 6.47. The lowest BCUT2D eigenvalue weighted by Crippen LogP contribution is -2.14. The Morgan fingerprint density at radius 3 is 2.57 bits per heavy atom. The Morgan fingerprint density at radius 2 is 2.00 bits per heavy atom. The molecule has 0 aliphatic heterocycles. The summed E-state index contributed by atoms with van der Waals surface area (Å²) >= 11 is 0. The summed E-state index contributed by atoms with van der Waals surface area (Å²) in [6.45, 7) is 3.38. The van der Waals surface area contributed by atoms with Gasteiger partial charge in [0.15, 0.2) is 0 Å². The molecule has 14 heavy (non-hydrogen) atoms. The van der Waals surface area contributed by atoms with Gasteiger partial charge in [0.05, 0.1) is 6.07 Å². The van der Waals surface area contributed by atoms with E-state index in [1.807, 2.05) is 0 Å². The molecular weight excluding hydrogens is 184 g/mol. The van der Waals surface area contributed by atoms with Gasteiger partial charge in [-0.3, -0.25) is 0 Å². The lowest BCUT2D eigenvalue weighted by Gasteiger charge is -2.16. The van der Waals surface area contributed by atoms with Crippen LogP contribution in [0.2, 0.25) is 0 Å². The Morgan fingerprint density at radius 1 is 1.36 bits per heavy atom. The number of nitriles is 1. The van der Waals surface area contributed by atoms with Crippen molar-refractivity contribution >= 4 is 0 Å². The maximum Gasteiger partial charge on any atom is 0.286 e. The molecule has 0 aromatic heterocycles. The van der Waals surface area contributed by atoms with Crippen molar-refractivity contribution < 1.29 is 8.78 Å². The van der Waals surface area contributed by atoms with Crippen LogP contribution in [0.3, 0.4) is 0 Å². The average Bonchev–Trinajstić information content (AvgIpc) is 2.09. The van der Waals surface area contributed by atoms with E-state index in [2.05, 4.69) is 0 Å². The smallest absolute Gasteiger partial charge is 0.200 e. The molecule has 0 aliphatic carbocycles. The van der Waals surface area contributed by atoms with Crippen LogP contribution in [0, 0.1) is 25.2 Å². The van der Waals surface area contributed by atoms with Gasteiger partial charge in [0.2, 0.25) is 0 Å². The van der Waals surface area contributed by atoms with Crippen LogP contribution in [-0.2, 0) is 5.92 Å². The largest absolute Gasteiger partial charge is 0.286 e. The number of rotatable bonds is 2. The first-order valence-electron chi connectivity index (χ1n) is 4.30. The van der Waals surface area contributed by atoms with Crippen LogP contribution in [0.15, 0.2) is 18.2 Å². The van der Waals surface area contributed by atoms with Crippen LogP contribution in [0.1, 0.15) is 23.1 Å². The van der Waals surface area contributed by atoms with E-state index >= 15 is 0 Å². The fraction of sp³-hybridized carbons (Fsp3) is 0.364. The number of hydrogen-bond acceptors (Lipinski definition) is 1. The van der Waals surface area contributed by atoms with Gasteiger partial charge in [0, 0.05) is 5.56 Å². The fourth-order valence-electron chi connectivity index (χ4n) is 1.32. The van der Waals surface area contributed by atoms with Crippen LogP contribution in [0.4, 0.5) is 8.78 Å².